The van der Waals surface area contributed by atoms with E-state index in [9.17, 15) is 18.0 Å². The van der Waals surface area contributed by atoms with Crippen LogP contribution < -0.4 is 4.18 Å². The lowest BCUT2D eigenvalue weighted by atomic mass is 9.63. The minimum atomic E-state index is -4.07. The maximum atomic E-state index is 14.1. The molecule has 0 N–H and O–H groups in total. The highest BCUT2D eigenvalue weighted by molar-refractivity contribution is 9.10. The number of Topliss-reactive ketones (excluding diaryl/α,β-unsaturated/α-hetero) is 2. The fraction of sp³-hybridized carbons (Fsp3) is 0.368. The Morgan fingerprint density at radius 3 is 1.91 bits per heavy atom. The lowest BCUT2D eigenvalue weighted by molar-refractivity contribution is -0.119. The average molecular weight is 703 g/mol. The maximum Gasteiger partial charge on any atom is 0.339 e. The van der Waals surface area contributed by atoms with Crippen LogP contribution in [-0.4, -0.2) is 31.4 Å². The first-order valence-electron chi connectivity index (χ1n) is 15.8. The molecule has 0 unspecified atom stereocenters. The third kappa shape index (κ3) is 6.39. The van der Waals surface area contributed by atoms with Crippen molar-refractivity contribution in [2.75, 3.05) is 6.54 Å². The summed E-state index contributed by atoms with van der Waals surface area (Å²) in [4.78, 5) is 30.6. The molecule has 3 aromatic rings. The fourth-order valence-electron chi connectivity index (χ4n) is 7.17. The van der Waals surface area contributed by atoms with E-state index in [4.69, 9.17) is 4.18 Å². The minimum Gasteiger partial charge on any atom is -0.378 e. The number of aryl methyl sites for hydroxylation is 1. The van der Waals surface area contributed by atoms with Gasteiger partial charge in [-0.2, -0.15) is 8.42 Å². The van der Waals surface area contributed by atoms with E-state index in [2.05, 4.69) is 60.7 Å². The van der Waals surface area contributed by atoms with Crippen LogP contribution in [0.25, 0.3) is 0 Å². The van der Waals surface area contributed by atoms with Gasteiger partial charge in [0.15, 0.2) is 17.3 Å². The molecule has 0 atom stereocenters. The van der Waals surface area contributed by atoms with Crippen LogP contribution in [0.5, 0.6) is 5.75 Å². The van der Waals surface area contributed by atoms with E-state index >= 15 is 0 Å². The number of carbonyl (C=O) groups is 2. The first-order chi connectivity index (χ1) is 21.6. The van der Waals surface area contributed by atoms with E-state index < -0.39 is 16.0 Å². The normalized spacial score (nSPS) is 19.7. The highest BCUT2D eigenvalue weighted by Gasteiger charge is 2.49. The largest absolute Gasteiger partial charge is 0.378 e. The Morgan fingerprint density at radius 2 is 1.37 bits per heavy atom. The fourth-order valence-corrected chi connectivity index (χ4v) is 8.70. The molecule has 1 heterocycles. The molecule has 1 aliphatic heterocycles. The van der Waals surface area contributed by atoms with E-state index in [1.54, 1.807) is 30.3 Å². The number of ketones is 2. The maximum absolute atomic E-state index is 14.1. The van der Waals surface area contributed by atoms with Gasteiger partial charge in [-0.3, -0.25) is 9.59 Å². The summed E-state index contributed by atoms with van der Waals surface area (Å²) < 4.78 is 32.2. The number of hydrogen-bond acceptors (Lipinski definition) is 6. The molecule has 0 bridgehead atoms. The number of nitrogens with zero attached hydrogens (tertiary/aromatic N) is 1. The summed E-state index contributed by atoms with van der Waals surface area (Å²) in [6.45, 7) is 11.1. The van der Waals surface area contributed by atoms with Crippen molar-refractivity contribution in [2.24, 2.45) is 10.8 Å². The zero-order valence-electron chi connectivity index (χ0n) is 27.0. The molecule has 0 fully saturated rings. The van der Waals surface area contributed by atoms with Crippen LogP contribution in [0.2, 0.25) is 0 Å². The molecule has 0 aromatic heterocycles. The van der Waals surface area contributed by atoms with Crippen LogP contribution >= 0.6 is 15.9 Å². The Balaban J connectivity index is 1.45. The van der Waals surface area contributed by atoms with Crippen LogP contribution in [0.4, 0.5) is 0 Å². The number of carbonyl (C=O) groups excluding carboxylic acids is 2. The van der Waals surface area contributed by atoms with Crippen molar-refractivity contribution in [1.82, 2.24) is 4.90 Å². The molecule has 0 radical (unpaired) electrons. The molecule has 0 spiro atoms. The summed E-state index contributed by atoms with van der Waals surface area (Å²) in [7, 11) is -4.07. The van der Waals surface area contributed by atoms with E-state index in [0.717, 1.165) is 41.8 Å². The van der Waals surface area contributed by atoms with Gasteiger partial charge < -0.3 is 9.08 Å². The van der Waals surface area contributed by atoms with Gasteiger partial charge in [0.25, 0.3) is 0 Å². The molecule has 6 rings (SSSR count). The van der Waals surface area contributed by atoms with Gasteiger partial charge in [0.2, 0.25) is 0 Å². The standard InChI is InChI=1S/C38H40BrNO5S/c1-24-11-14-27(15-12-24)46(43,44)45-33-16-13-26(19-28(33)39)34-35-29(20-37(2,3)22-31(35)41)40(18-17-25-9-7-6-8-10-25)30-21-38(4,5)23-32(42)36(30)34/h6-16,19,34H,17-18,20-23H2,1-5H3. The molecule has 6 nitrogen and oxygen atoms in total. The topological polar surface area (TPSA) is 80.8 Å². The molecule has 0 saturated carbocycles. The van der Waals surface area contributed by atoms with E-state index in [1.165, 1.54) is 17.7 Å². The van der Waals surface area contributed by atoms with Crippen molar-refractivity contribution in [3.63, 3.8) is 0 Å². The van der Waals surface area contributed by atoms with Gasteiger partial charge in [0.1, 0.15) is 4.90 Å². The smallest absolute Gasteiger partial charge is 0.339 e. The second-order valence-corrected chi connectivity index (χ2v) is 16.9. The predicted octanol–water partition coefficient (Wildman–Crippen LogP) is 8.45. The molecule has 46 heavy (non-hydrogen) atoms. The molecule has 0 saturated heterocycles. The zero-order valence-corrected chi connectivity index (χ0v) is 29.4. The Kier molecular flexibility index (Phi) is 8.43. The van der Waals surface area contributed by atoms with Crippen molar-refractivity contribution in [2.45, 2.75) is 77.5 Å². The molecule has 8 heteroatoms. The highest BCUT2D eigenvalue weighted by Crippen LogP contribution is 2.54. The summed E-state index contributed by atoms with van der Waals surface area (Å²) >= 11 is 3.55. The van der Waals surface area contributed by atoms with Gasteiger partial charge in [-0.25, -0.2) is 0 Å². The predicted molar refractivity (Wildman–Crippen MR) is 183 cm³/mol. The van der Waals surface area contributed by atoms with Gasteiger partial charge >= 0.3 is 10.1 Å². The average Bonchev–Trinajstić information content (AvgIpc) is 2.96. The second-order valence-electron chi connectivity index (χ2n) is 14.5. The van der Waals surface area contributed by atoms with Gasteiger partial charge in [0, 0.05) is 47.8 Å². The molecule has 3 aromatic carbocycles. The summed E-state index contributed by atoms with van der Waals surface area (Å²) in [6.07, 6.45) is 3.03. The Hall–Kier alpha value is -3.49. The van der Waals surface area contributed by atoms with Crippen LogP contribution in [-0.2, 0) is 26.1 Å². The van der Waals surface area contributed by atoms with Crippen LogP contribution in [0.15, 0.2) is 105 Å². The molecule has 3 aliphatic rings. The quantitative estimate of drug-likeness (QED) is 0.230. The third-order valence-corrected chi connectivity index (χ3v) is 11.2. The molecular weight excluding hydrogens is 662 g/mol. The summed E-state index contributed by atoms with van der Waals surface area (Å²) in [6, 6.07) is 22.0. The molecule has 240 valence electrons. The first kappa shape index (κ1) is 32.5. The lowest BCUT2D eigenvalue weighted by Crippen LogP contribution is -2.45. The summed E-state index contributed by atoms with van der Waals surface area (Å²) in [5.74, 6) is -0.281. The van der Waals surface area contributed by atoms with E-state index in [0.29, 0.717) is 35.0 Å². The number of halogens is 1. The van der Waals surface area contributed by atoms with Crippen molar-refractivity contribution in [3.05, 3.63) is 116 Å². The monoisotopic (exact) mass is 701 g/mol. The molecular formula is C38H40BrNO5S. The molecule has 2 aliphatic carbocycles. The molecule has 0 amide bonds. The van der Waals surface area contributed by atoms with Gasteiger partial charge in [-0.05, 0) is 88.3 Å². The van der Waals surface area contributed by atoms with Crippen LogP contribution in [0.1, 0.15) is 76.0 Å². The van der Waals surface area contributed by atoms with E-state index in [1.807, 2.05) is 25.1 Å². The summed E-state index contributed by atoms with van der Waals surface area (Å²) in [5, 5.41) is 0. The van der Waals surface area contributed by atoms with Gasteiger partial charge in [-0.1, -0.05) is 81.8 Å². The summed E-state index contributed by atoms with van der Waals surface area (Å²) in [5.41, 5.74) is 5.85. The highest BCUT2D eigenvalue weighted by atomic mass is 79.9. The van der Waals surface area contributed by atoms with E-state index in [-0.39, 0.29) is 33.0 Å². The van der Waals surface area contributed by atoms with Gasteiger partial charge in [-0.15, -0.1) is 0 Å². The van der Waals surface area contributed by atoms with Crippen molar-refractivity contribution in [3.8, 4) is 5.75 Å². The number of benzene rings is 3. The van der Waals surface area contributed by atoms with Gasteiger partial charge in [0.05, 0.1) is 4.47 Å². The zero-order chi connectivity index (χ0) is 33.0. The Morgan fingerprint density at radius 1 is 0.804 bits per heavy atom. The van der Waals surface area contributed by atoms with Crippen molar-refractivity contribution >= 4 is 37.6 Å². The van der Waals surface area contributed by atoms with Crippen LogP contribution in [0.3, 0.4) is 0 Å². The number of rotatable bonds is 7. The minimum absolute atomic E-state index is 0.0588. The second kappa shape index (κ2) is 11.9. The number of hydrogen-bond donors (Lipinski definition) is 0. The van der Waals surface area contributed by atoms with Crippen molar-refractivity contribution in [1.29, 1.82) is 0 Å². The Bertz CT molecular complexity index is 1830. The third-order valence-electron chi connectivity index (χ3n) is 9.29. The lowest BCUT2D eigenvalue weighted by Gasteiger charge is -2.49. The van der Waals surface area contributed by atoms with Crippen molar-refractivity contribution < 1.29 is 22.2 Å². The number of allylic oxidation sites excluding steroid dienone is 4. The first-order valence-corrected chi connectivity index (χ1v) is 18.0. The Labute approximate surface area is 280 Å². The SMILES string of the molecule is Cc1ccc(S(=O)(=O)Oc2ccc(C3C4=C(CC(C)(C)CC4=O)N(CCc4ccccc4)C4=C3C(=O)CC(C)(C)C4)cc2Br)cc1. The van der Waals surface area contributed by atoms with Crippen LogP contribution in [0, 0.1) is 17.8 Å².